The number of para-hydroxylation sites is 1. The molecule has 0 amide bonds. The summed E-state index contributed by atoms with van der Waals surface area (Å²) in [5, 5.41) is 5.78. The molecular formula is C62H53BN2O2. The SMILES string of the molecule is CC(C)(C)c1ccc(N2B3c4cc5oc(-c6ccccc6)c(-c6ccccc6)c5cc4-n4c5ccc(C(C)(C)C)cc5c5c6oc7ccccc7c6c(c3c54)-c3cc(C(C)(C)C)ccc32)cc1. The molecule has 0 fully saturated rings. The molecule has 8 aromatic carbocycles. The molecule has 326 valence electrons. The average Bonchev–Trinajstić information content (AvgIpc) is 4.00. The topological polar surface area (TPSA) is 34.5 Å². The van der Waals surface area contributed by atoms with Crippen molar-refractivity contribution in [2.45, 2.75) is 78.6 Å². The van der Waals surface area contributed by atoms with Gasteiger partial charge in [-0.3, -0.25) is 0 Å². The quantitative estimate of drug-likeness (QED) is 0.166. The van der Waals surface area contributed by atoms with Crippen molar-refractivity contribution in [3.63, 3.8) is 0 Å². The monoisotopic (exact) mass is 868 g/mol. The van der Waals surface area contributed by atoms with Gasteiger partial charge in [0, 0.05) is 55.3 Å². The van der Waals surface area contributed by atoms with Gasteiger partial charge < -0.3 is 18.2 Å². The molecule has 0 spiro atoms. The maximum atomic E-state index is 7.25. The van der Waals surface area contributed by atoms with Crippen LogP contribution in [0.1, 0.15) is 79.0 Å². The van der Waals surface area contributed by atoms with Gasteiger partial charge in [0.15, 0.2) is 0 Å². The number of furan rings is 2. The van der Waals surface area contributed by atoms with Crippen LogP contribution in [0.3, 0.4) is 0 Å². The van der Waals surface area contributed by atoms with E-state index < -0.39 is 0 Å². The number of fused-ring (bicyclic) bond motifs is 14. The Labute approximate surface area is 392 Å². The largest absolute Gasteiger partial charge is 0.455 e. The van der Waals surface area contributed by atoms with Gasteiger partial charge in [0.05, 0.1) is 16.4 Å². The van der Waals surface area contributed by atoms with Crippen molar-refractivity contribution in [1.82, 2.24) is 4.57 Å². The molecule has 3 aromatic heterocycles. The zero-order valence-electron chi connectivity index (χ0n) is 39.8. The first-order valence-electron chi connectivity index (χ1n) is 23.9. The molecule has 0 N–H and O–H groups in total. The first-order valence-corrected chi connectivity index (χ1v) is 23.9. The molecule has 13 rings (SSSR count). The molecule has 0 aliphatic carbocycles. The molecule has 4 nitrogen and oxygen atoms in total. The van der Waals surface area contributed by atoms with E-state index in [9.17, 15) is 0 Å². The van der Waals surface area contributed by atoms with Crippen molar-refractivity contribution < 1.29 is 8.83 Å². The second kappa shape index (κ2) is 13.7. The van der Waals surface area contributed by atoms with Crippen LogP contribution < -0.4 is 15.7 Å². The Morgan fingerprint density at radius 3 is 1.79 bits per heavy atom. The van der Waals surface area contributed by atoms with Crippen molar-refractivity contribution in [3.8, 4) is 39.3 Å². The van der Waals surface area contributed by atoms with Gasteiger partial charge in [0.1, 0.15) is 22.5 Å². The summed E-state index contributed by atoms with van der Waals surface area (Å²) in [5.41, 5.74) is 20.6. The van der Waals surface area contributed by atoms with Gasteiger partial charge in [-0.05, 0) is 110 Å². The van der Waals surface area contributed by atoms with Crippen molar-refractivity contribution in [1.29, 1.82) is 0 Å². The fourth-order valence-electron chi connectivity index (χ4n) is 11.4. The number of nitrogens with zero attached hydrogens (tertiary/aromatic N) is 2. The summed E-state index contributed by atoms with van der Waals surface area (Å²) >= 11 is 0. The first kappa shape index (κ1) is 40.1. The van der Waals surface area contributed by atoms with Gasteiger partial charge >= 0.3 is 6.85 Å². The number of hydrogen-bond acceptors (Lipinski definition) is 3. The molecule has 5 heteroatoms. The van der Waals surface area contributed by atoms with Crippen LogP contribution >= 0.6 is 0 Å². The van der Waals surface area contributed by atoms with Crippen LogP contribution in [0.25, 0.3) is 94.0 Å². The molecule has 11 aromatic rings. The molecule has 0 saturated carbocycles. The van der Waals surface area contributed by atoms with Gasteiger partial charge in [-0.1, -0.05) is 165 Å². The van der Waals surface area contributed by atoms with E-state index in [1.54, 1.807) is 0 Å². The summed E-state index contributed by atoms with van der Waals surface area (Å²) in [4.78, 5) is 2.63. The van der Waals surface area contributed by atoms with Crippen molar-refractivity contribution in [2.24, 2.45) is 0 Å². The van der Waals surface area contributed by atoms with Crippen LogP contribution in [0.15, 0.2) is 167 Å². The van der Waals surface area contributed by atoms with E-state index in [1.165, 1.54) is 71.6 Å². The van der Waals surface area contributed by atoms with E-state index in [4.69, 9.17) is 8.83 Å². The summed E-state index contributed by atoms with van der Waals surface area (Å²) in [6, 6.07) is 58.6. The van der Waals surface area contributed by atoms with Crippen LogP contribution in [0.4, 0.5) is 11.4 Å². The highest BCUT2D eigenvalue weighted by Crippen LogP contribution is 2.53. The van der Waals surface area contributed by atoms with Crippen molar-refractivity contribution in [2.75, 3.05) is 4.81 Å². The van der Waals surface area contributed by atoms with Crippen molar-refractivity contribution in [3.05, 3.63) is 174 Å². The molecule has 67 heavy (non-hydrogen) atoms. The fourth-order valence-corrected chi connectivity index (χ4v) is 11.4. The minimum Gasteiger partial charge on any atom is -0.455 e. The predicted octanol–water partition coefficient (Wildman–Crippen LogP) is 15.9. The molecule has 0 unspecified atom stereocenters. The lowest BCUT2D eigenvalue weighted by molar-refractivity contribution is 0.590. The lowest BCUT2D eigenvalue weighted by Gasteiger charge is -2.42. The lowest BCUT2D eigenvalue weighted by atomic mass is 9.43. The first-order chi connectivity index (χ1) is 32.1. The molecule has 0 saturated heterocycles. The van der Waals surface area contributed by atoms with Crippen LogP contribution in [-0.2, 0) is 16.2 Å². The molecule has 2 aliphatic rings. The molecular weight excluding hydrogens is 816 g/mol. The van der Waals surface area contributed by atoms with E-state index in [1.807, 2.05) is 0 Å². The van der Waals surface area contributed by atoms with E-state index >= 15 is 0 Å². The number of anilines is 2. The third kappa shape index (κ3) is 5.73. The van der Waals surface area contributed by atoms with Crippen LogP contribution in [0.5, 0.6) is 0 Å². The summed E-state index contributed by atoms with van der Waals surface area (Å²) in [6.07, 6.45) is 0. The Hall–Kier alpha value is -7.24. The number of benzene rings is 8. The summed E-state index contributed by atoms with van der Waals surface area (Å²) < 4.78 is 17.1. The Balaban J connectivity index is 1.26. The van der Waals surface area contributed by atoms with E-state index in [0.29, 0.717) is 0 Å². The minimum absolute atomic E-state index is 0.00868. The van der Waals surface area contributed by atoms with E-state index in [-0.39, 0.29) is 23.1 Å². The van der Waals surface area contributed by atoms with Crippen LogP contribution in [0, 0.1) is 0 Å². The summed E-state index contributed by atoms with van der Waals surface area (Å²) in [6.45, 7) is 20.6. The van der Waals surface area contributed by atoms with Gasteiger partial charge in [-0.25, -0.2) is 0 Å². The molecule has 0 atom stereocenters. The Bertz CT molecular complexity index is 3850. The molecule has 2 aliphatic heterocycles. The standard InChI is InChI=1S/C62H53BN2O2/c1-60(2,3)38-24-28-41(29-25-38)65-48-31-27-40(62(7,8)9)33-44(48)53-54-42-22-16-17-23-50(42)66-59(54)55-43-32-39(61(4,5)6)26-30-47(43)64-49-34-45-51(35-46(49)63(65)56(53)57(55)64)67-58(37-20-14-11-15-21-37)52(45)36-18-12-10-13-19-36/h10-35H,1-9H3. The predicted molar refractivity (Wildman–Crippen MR) is 284 cm³/mol. The molecule has 0 radical (unpaired) electrons. The van der Waals surface area contributed by atoms with Crippen LogP contribution in [-0.4, -0.2) is 11.4 Å². The average molecular weight is 869 g/mol. The summed E-state index contributed by atoms with van der Waals surface area (Å²) in [7, 11) is 0. The molecule has 0 bridgehead atoms. The zero-order valence-corrected chi connectivity index (χ0v) is 39.8. The zero-order chi connectivity index (χ0) is 45.9. The Morgan fingerprint density at radius 1 is 0.463 bits per heavy atom. The van der Waals surface area contributed by atoms with E-state index in [0.717, 1.165) is 61.3 Å². The maximum Gasteiger partial charge on any atom is 0.333 e. The van der Waals surface area contributed by atoms with Gasteiger partial charge in [0.25, 0.3) is 0 Å². The smallest absolute Gasteiger partial charge is 0.333 e. The van der Waals surface area contributed by atoms with Gasteiger partial charge in [0.2, 0.25) is 0 Å². The summed E-state index contributed by atoms with van der Waals surface area (Å²) in [5.74, 6) is 0.877. The highest BCUT2D eigenvalue weighted by Gasteiger charge is 2.47. The number of rotatable bonds is 3. The second-order valence-corrected chi connectivity index (χ2v) is 22.1. The number of hydrogen-bond donors (Lipinski definition) is 0. The Morgan fingerprint density at radius 2 is 1.09 bits per heavy atom. The van der Waals surface area contributed by atoms with Crippen molar-refractivity contribution >= 4 is 83.9 Å². The van der Waals surface area contributed by atoms with E-state index in [2.05, 4.69) is 229 Å². The Kier molecular flexibility index (Phi) is 8.18. The lowest BCUT2D eigenvalue weighted by Crippen LogP contribution is -2.60. The van der Waals surface area contributed by atoms with Crippen LogP contribution in [0.2, 0.25) is 0 Å². The fraction of sp³-hybridized carbons (Fsp3) is 0.194. The highest BCUT2D eigenvalue weighted by molar-refractivity contribution is 6.94. The third-order valence-corrected chi connectivity index (χ3v) is 14.8. The second-order valence-electron chi connectivity index (χ2n) is 22.1. The number of aromatic nitrogens is 1. The third-order valence-electron chi connectivity index (χ3n) is 14.8. The highest BCUT2D eigenvalue weighted by atomic mass is 16.3. The normalized spacial score (nSPS) is 13.7. The van der Waals surface area contributed by atoms with Gasteiger partial charge in [-0.2, -0.15) is 0 Å². The molecule has 5 heterocycles. The minimum atomic E-state index is -0.215. The maximum absolute atomic E-state index is 7.25. The van der Waals surface area contributed by atoms with Gasteiger partial charge in [-0.15, -0.1) is 0 Å².